The molecule has 0 heterocycles. The lowest BCUT2D eigenvalue weighted by Gasteiger charge is -2.14. The number of halogens is 3. The van der Waals surface area contributed by atoms with E-state index in [-0.39, 0.29) is 10.5 Å². The van der Waals surface area contributed by atoms with Crippen molar-refractivity contribution < 1.29 is 26.7 Å². The topological polar surface area (TPSA) is 54.4 Å². The first-order valence-corrected chi connectivity index (χ1v) is 6.53. The van der Waals surface area contributed by atoms with Crippen molar-refractivity contribution in [2.45, 2.75) is 23.6 Å². The van der Waals surface area contributed by atoms with Crippen molar-refractivity contribution in [1.82, 2.24) is 0 Å². The number of hydrogen-bond donors (Lipinski definition) is 1. The Morgan fingerprint density at radius 3 is 2.41 bits per heavy atom. The Bertz CT molecular complexity index is 494. The van der Waals surface area contributed by atoms with E-state index >= 15 is 0 Å². The number of benzene rings is 1. The average Bonchev–Trinajstić information content (AvgIpc) is 2.15. The van der Waals surface area contributed by atoms with Gasteiger partial charge in [0.1, 0.15) is 0 Å². The lowest BCUT2D eigenvalue weighted by atomic mass is 10.1. The van der Waals surface area contributed by atoms with Gasteiger partial charge in [-0.2, -0.15) is 13.2 Å². The lowest BCUT2D eigenvalue weighted by molar-refractivity contribution is -0.203. The Kier molecular flexibility index (Phi) is 3.83. The predicted octanol–water partition coefficient (Wildman–Crippen LogP) is 1.56. The van der Waals surface area contributed by atoms with Crippen molar-refractivity contribution in [1.29, 1.82) is 0 Å². The van der Waals surface area contributed by atoms with E-state index < -0.39 is 28.5 Å². The molecule has 1 aromatic rings. The van der Waals surface area contributed by atoms with Crippen LogP contribution in [0.3, 0.4) is 0 Å². The number of hydrogen-bond acceptors (Lipinski definition) is 3. The highest BCUT2D eigenvalue weighted by Gasteiger charge is 2.38. The molecule has 0 amide bonds. The monoisotopic (exact) mass is 268 g/mol. The molecule has 0 bridgehead atoms. The smallest absolute Gasteiger partial charge is 0.383 e. The van der Waals surface area contributed by atoms with Crippen LogP contribution in [0.4, 0.5) is 13.2 Å². The Balaban J connectivity index is 2.95. The maximum absolute atomic E-state index is 12.1. The van der Waals surface area contributed by atoms with Crippen LogP contribution in [-0.4, -0.2) is 32.1 Å². The van der Waals surface area contributed by atoms with E-state index in [1.807, 2.05) is 0 Å². The maximum atomic E-state index is 12.1. The summed E-state index contributed by atoms with van der Waals surface area (Å²) in [4.78, 5) is -0.0654. The van der Waals surface area contributed by atoms with Crippen LogP contribution in [0.25, 0.3) is 0 Å². The molecule has 3 nitrogen and oxygen atoms in total. The van der Waals surface area contributed by atoms with Crippen molar-refractivity contribution in [3.8, 4) is 0 Å². The molecular weight excluding hydrogens is 257 g/mol. The van der Waals surface area contributed by atoms with E-state index in [4.69, 9.17) is 5.11 Å². The molecule has 1 unspecified atom stereocenters. The first kappa shape index (κ1) is 14.0. The van der Waals surface area contributed by atoms with Crippen LogP contribution < -0.4 is 0 Å². The van der Waals surface area contributed by atoms with Gasteiger partial charge in [-0.15, -0.1) is 0 Å². The van der Waals surface area contributed by atoms with Gasteiger partial charge in [0.25, 0.3) is 0 Å². The van der Waals surface area contributed by atoms with E-state index in [1.54, 1.807) is 0 Å². The second-order valence-electron chi connectivity index (χ2n) is 3.68. The van der Waals surface area contributed by atoms with Gasteiger partial charge in [0.15, 0.2) is 15.9 Å². The molecule has 1 rings (SSSR count). The molecule has 0 aliphatic rings. The van der Waals surface area contributed by atoms with E-state index in [0.717, 1.165) is 12.3 Å². The number of aliphatic hydroxyl groups is 1. The molecule has 0 aliphatic carbocycles. The molecular formula is C10H11F3O3S. The van der Waals surface area contributed by atoms with Gasteiger partial charge in [0.2, 0.25) is 0 Å². The molecule has 0 saturated carbocycles. The van der Waals surface area contributed by atoms with Gasteiger partial charge < -0.3 is 5.11 Å². The fraction of sp³-hybridized carbons (Fsp3) is 0.400. The highest BCUT2D eigenvalue weighted by Crippen LogP contribution is 2.23. The van der Waals surface area contributed by atoms with Gasteiger partial charge in [0, 0.05) is 12.7 Å². The van der Waals surface area contributed by atoms with Crippen molar-refractivity contribution in [2.24, 2.45) is 0 Å². The van der Waals surface area contributed by atoms with Gasteiger partial charge in [-0.1, -0.05) is 12.1 Å². The van der Waals surface area contributed by atoms with Crippen LogP contribution in [0.2, 0.25) is 0 Å². The van der Waals surface area contributed by atoms with Crippen LogP contribution in [0.5, 0.6) is 0 Å². The average molecular weight is 268 g/mol. The van der Waals surface area contributed by atoms with Gasteiger partial charge in [-0.3, -0.25) is 0 Å². The standard InChI is InChI=1S/C10H11F3O3S/c1-17(15,16)8-4-2-3-7(5-8)6-9(14)10(11,12)13/h2-5,9,14H,6H2,1H3. The summed E-state index contributed by atoms with van der Waals surface area (Å²) in [6.07, 6.45) is -6.89. The van der Waals surface area contributed by atoms with Crippen molar-refractivity contribution >= 4 is 9.84 Å². The summed E-state index contributed by atoms with van der Waals surface area (Å²) in [5.41, 5.74) is 0.123. The van der Waals surface area contributed by atoms with Gasteiger partial charge >= 0.3 is 6.18 Å². The Morgan fingerprint density at radius 2 is 1.94 bits per heavy atom. The molecule has 0 saturated heterocycles. The fourth-order valence-electron chi connectivity index (χ4n) is 1.24. The number of sulfone groups is 1. The largest absolute Gasteiger partial charge is 0.414 e. The molecule has 17 heavy (non-hydrogen) atoms. The summed E-state index contributed by atoms with van der Waals surface area (Å²) < 4.78 is 58.7. The third kappa shape index (κ3) is 4.01. The SMILES string of the molecule is CS(=O)(=O)c1cccc(CC(O)C(F)(F)F)c1. The molecule has 1 atom stereocenters. The van der Waals surface area contributed by atoms with Crippen LogP contribution in [0.15, 0.2) is 29.2 Å². The zero-order valence-corrected chi connectivity index (χ0v) is 9.72. The second-order valence-corrected chi connectivity index (χ2v) is 5.70. The molecule has 0 radical (unpaired) electrons. The first-order chi connectivity index (χ1) is 7.60. The highest BCUT2D eigenvalue weighted by atomic mass is 32.2. The van der Waals surface area contributed by atoms with E-state index in [1.165, 1.54) is 18.2 Å². The quantitative estimate of drug-likeness (QED) is 0.905. The summed E-state index contributed by atoms with van der Waals surface area (Å²) >= 11 is 0. The zero-order chi connectivity index (χ0) is 13.3. The maximum Gasteiger partial charge on any atom is 0.414 e. The minimum Gasteiger partial charge on any atom is -0.383 e. The second kappa shape index (κ2) is 4.66. The number of aliphatic hydroxyl groups excluding tert-OH is 1. The number of alkyl halides is 3. The van der Waals surface area contributed by atoms with Gasteiger partial charge in [-0.05, 0) is 17.7 Å². The van der Waals surface area contributed by atoms with Crippen LogP contribution in [-0.2, 0) is 16.3 Å². The minimum atomic E-state index is -4.71. The number of rotatable bonds is 3. The first-order valence-electron chi connectivity index (χ1n) is 4.64. The summed E-state index contributed by atoms with van der Waals surface area (Å²) in [5, 5.41) is 8.86. The zero-order valence-electron chi connectivity index (χ0n) is 8.90. The molecule has 0 spiro atoms. The molecule has 96 valence electrons. The van der Waals surface area contributed by atoms with Crippen molar-refractivity contribution in [2.75, 3.05) is 6.26 Å². The minimum absolute atomic E-state index is 0.0654. The van der Waals surface area contributed by atoms with Crippen LogP contribution in [0.1, 0.15) is 5.56 Å². The molecule has 7 heteroatoms. The fourth-order valence-corrected chi connectivity index (χ4v) is 1.93. The van der Waals surface area contributed by atoms with E-state index in [0.29, 0.717) is 0 Å². The van der Waals surface area contributed by atoms with Gasteiger partial charge in [0.05, 0.1) is 4.90 Å². The Labute approximate surface area is 96.8 Å². The molecule has 1 N–H and O–H groups in total. The summed E-state index contributed by atoms with van der Waals surface area (Å²) in [6, 6.07) is 5.10. The van der Waals surface area contributed by atoms with Gasteiger partial charge in [-0.25, -0.2) is 8.42 Å². The molecule has 0 fully saturated rings. The van der Waals surface area contributed by atoms with E-state index in [2.05, 4.69) is 0 Å². The third-order valence-corrected chi connectivity index (χ3v) is 3.24. The molecule has 0 aliphatic heterocycles. The highest BCUT2D eigenvalue weighted by molar-refractivity contribution is 7.90. The normalized spacial score (nSPS) is 14.6. The lowest BCUT2D eigenvalue weighted by Crippen LogP contribution is -2.30. The van der Waals surface area contributed by atoms with Crippen LogP contribution >= 0.6 is 0 Å². The molecule has 0 aromatic heterocycles. The Morgan fingerprint density at radius 1 is 1.35 bits per heavy atom. The third-order valence-electron chi connectivity index (χ3n) is 2.13. The molecule has 1 aromatic carbocycles. The Hall–Kier alpha value is -1.08. The summed E-state index contributed by atoms with van der Waals surface area (Å²) in [7, 11) is -3.46. The van der Waals surface area contributed by atoms with Crippen LogP contribution in [0, 0.1) is 0 Å². The predicted molar refractivity (Wildman–Crippen MR) is 55.3 cm³/mol. The van der Waals surface area contributed by atoms with Crippen molar-refractivity contribution in [3.63, 3.8) is 0 Å². The summed E-state index contributed by atoms with van der Waals surface area (Å²) in [5.74, 6) is 0. The van der Waals surface area contributed by atoms with E-state index in [9.17, 15) is 21.6 Å². The van der Waals surface area contributed by atoms with Crippen molar-refractivity contribution in [3.05, 3.63) is 29.8 Å². The summed E-state index contributed by atoms with van der Waals surface area (Å²) in [6.45, 7) is 0.